The molecule has 194 valence electrons. The first-order valence-electron chi connectivity index (χ1n) is 11.6. The fourth-order valence-corrected chi connectivity index (χ4v) is 5.17. The summed E-state index contributed by atoms with van der Waals surface area (Å²) in [5.41, 5.74) is 0.00132. The van der Waals surface area contributed by atoms with Crippen LogP contribution in [0.1, 0.15) is 36.8 Å². The van der Waals surface area contributed by atoms with Gasteiger partial charge in [0.15, 0.2) is 0 Å². The highest BCUT2D eigenvalue weighted by molar-refractivity contribution is 6.42. The Bertz CT molecular complexity index is 1110. The summed E-state index contributed by atoms with van der Waals surface area (Å²) < 4.78 is 38.4. The number of alkyl halides is 3. The van der Waals surface area contributed by atoms with Crippen LogP contribution in [0.25, 0.3) is 0 Å². The number of amides is 2. The first-order valence-corrected chi connectivity index (χ1v) is 12.4. The second-order valence-electron chi connectivity index (χ2n) is 9.24. The number of carbonyl (C=O) groups excluding carboxylic acids is 2. The molecule has 1 N–H and O–H groups in total. The Hall–Kier alpha value is -2.59. The summed E-state index contributed by atoms with van der Waals surface area (Å²) in [6.45, 7) is 3.94. The Kier molecular flexibility index (Phi) is 7.94. The molecule has 1 aromatic heterocycles. The molecule has 0 spiro atoms. The molecular weight excluding hydrogens is 518 g/mol. The number of anilines is 1. The third-order valence-electron chi connectivity index (χ3n) is 6.92. The van der Waals surface area contributed by atoms with E-state index in [1.54, 1.807) is 17.0 Å². The van der Waals surface area contributed by atoms with Crippen molar-refractivity contribution in [3.05, 3.63) is 51.8 Å². The molecule has 2 saturated heterocycles. The lowest BCUT2D eigenvalue weighted by Crippen LogP contribution is -2.43. The zero-order valence-electron chi connectivity index (χ0n) is 19.6. The van der Waals surface area contributed by atoms with Crippen molar-refractivity contribution in [3.8, 4) is 0 Å². The summed E-state index contributed by atoms with van der Waals surface area (Å²) in [5.74, 6) is -0.135. The maximum atomic E-state index is 13.3. The number of likely N-dealkylation sites (tertiary alicyclic amines) is 2. The fourth-order valence-electron chi connectivity index (χ4n) is 4.87. The highest BCUT2D eigenvalue weighted by Gasteiger charge is 2.39. The average molecular weight is 544 g/mol. The molecule has 2 aliphatic rings. The SMILES string of the molecule is CC(=O)N1CCC(C(=O)N2C[C@H](CNc3ncc(C(F)(F)F)cn3)[C@@H](c3ccc(Cl)c(Cl)c3)C2)CC1. The number of rotatable bonds is 5. The van der Waals surface area contributed by atoms with E-state index in [2.05, 4.69) is 15.3 Å². The minimum Gasteiger partial charge on any atom is -0.354 e. The van der Waals surface area contributed by atoms with Gasteiger partial charge in [-0.1, -0.05) is 29.3 Å². The molecule has 2 atom stereocenters. The van der Waals surface area contributed by atoms with Crippen LogP contribution in [0, 0.1) is 11.8 Å². The molecule has 2 aromatic rings. The van der Waals surface area contributed by atoms with E-state index in [0.717, 1.165) is 18.0 Å². The molecule has 12 heteroatoms. The normalized spacial score (nSPS) is 21.1. The van der Waals surface area contributed by atoms with Gasteiger partial charge in [-0.3, -0.25) is 9.59 Å². The zero-order chi connectivity index (χ0) is 26.0. The fraction of sp³-hybridized carbons (Fsp3) is 0.500. The molecule has 0 unspecified atom stereocenters. The number of benzene rings is 1. The molecular formula is C24H26Cl2F3N5O2. The molecule has 4 rings (SSSR count). The number of carbonyl (C=O) groups is 2. The molecule has 2 aliphatic heterocycles. The van der Waals surface area contributed by atoms with Crippen LogP contribution in [0.15, 0.2) is 30.6 Å². The smallest absolute Gasteiger partial charge is 0.354 e. The third kappa shape index (κ3) is 6.03. The average Bonchev–Trinajstić information content (AvgIpc) is 3.28. The van der Waals surface area contributed by atoms with Crippen molar-refractivity contribution in [2.75, 3.05) is 38.0 Å². The van der Waals surface area contributed by atoms with E-state index >= 15 is 0 Å². The van der Waals surface area contributed by atoms with E-state index in [-0.39, 0.29) is 35.5 Å². The summed E-state index contributed by atoms with van der Waals surface area (Å²) in [6, 6.07) is 5.37. The minimum absolute atomic E-state index is 0.0124. The Morgan fingerprint density at radius 2 is 1.72 bits per heavy atom. The molecule has 1 aromatic carbocycles. The lowest BCUT2D eigenvalue weighted by atomic mass is 9.89. The summed E-state index contributed by atoms with van der Waals surface area (Å²) in [6.07, 6.45) is -1.79. The number of nitrogens with one attached hydrogen (secondary N) is 1. The predicted octanol–water partition coefficient (Wildman–Crippen LogP) is 4.71. The highest BCUT2D eigenvalue weighted by atomic mass is 35.5. The van der Waals surface area contributed by atoms with E-state index in [9.17, 15) is 22.8 Å². The first-order chi connectivity index (χ1) is 17.0. The molecule has 0 aliphatic carbocycles. The monoisotopic (exact) mass is 543 g/mol. The van der Waals surface area contributed by atoms with Gasteiger partial charge in [-0.2, -0.15) is 13.2 Å². The molecule has 36 heavy (non-hydrogen) atoms. The Labute approximate surface area is 217 Å². The van der Waals surface area contributed by atoms with Crippen LogP contribution in [0.2, 0.25) is 10.0 Å². The van der Waals surface area contributed by atoms with Gasteiger partial charge in [0, 0.05) is 69.8 Å². The maximum absolute atomic E-state index is 13.3. The summed E-state index contributed by atoms with van der Waals surface area (Å²) in [5, 5.41) is 3.86. The summed E-state index contributed by atoms with van der Waals surface area (Å²) in [7, 11) is 0. The molecule has 0 saturated carbocycles. The first kappa shape index (κ1) is 26.5. The van der Waals surface area contributed by atoms with Crippen LogP contribution in [-0.4, -0.2) is 64.3 Å². The van der Waals surface area contributed by atoms with Crippen molar-refractivity contribution in [3.63, 3.8) is 0 Å². The van der Waals surface area contributed by atoms with Gasteiger partial charge >= 0.3 is 6.18 Å². The van der Waals surface area contributed by atoms with Gasteiger partial charge < -0.3 is 15.1 Å². The molecule has 7 nitrogen and oxygen atoms in total. The maximum Gasteiger partial charge on any atom is 0.419 e. The summed E-state index contributed by atoms with van der Waals surface area (Å²) in [4.78, 5) is 36.1. The second kappa shape index (κ2) is 10.8. The van der Waals surface area contributed by atoms with E-state index in [0.29, 0.717) is 55.6 Å². The topological polar surface area (TPSA) is 78.4 Å². The van der Waals surface area contributed by atoms with Crippen LogP contribution in [0.4, 0.5) is 19.1 Å². The largest absolute Gasteiger partial charge is 0.419 e. The van der Waals surface area contributed by atoms with Crippen molar-refractivity contribution >= 4 is 41.0 Å². The Morgan fingerprint density at radius 1 is 1.06 bits per heavy atom. The van der Waals surface area contributed by atoms with Crippen molar-refractivity contribution in [2.45, 2.75) is 31.9 Å². The van der Waals surface area contributed by atoms with Gasteiger partial charge in [0.05, 0.1) is 15.6 Å². The Morgan fingerprint density at radius 3 is 2.31 bits per heavy atom. The number of halogens is 5. The molecule has 0 radical (unpaired) electrons. The zero-order valence-corrected chi connectivity index (χ0v) is 21.1. The van der Waals surface area contributed by atoms with Gasteiger partial charge in [-0.25, -0.2) is 9.97 Å². The van der Waals surface area contributed by atoms with E-state index in [1.165, 1.54) is 6.92 Å². The predicted molar refractivity (Wildman–Crippen MR) is 130 cm³/mol. The molecule has 0 bridgehead atoms. The van der Waals surface area contributed by atoms with Gasteiger partial charge in [-0.05, 0) is 30.5 Å². The number of aromatic nitrogens is 2. The van der Waals surface area contributed by atoms with Crippen molar-refractivity contribution in [1.29, 1.82) is 0 Å². The van der Waals surface area contributed by atoms with Crippen LogP contribution in [0.3, 0.4) is 0 Å². The van der Waals surface area contributed by atoms with Gasteiger partial charge in [0.2, 0.25) is 17.8 Å². The second-order valence-corrected chi connectivity index (χ2v) is 10.1. The van der Waals surface area contributed by atoms with Gasteiger partial charge in [0.1, 0.15) is 0 Å². The molecule has 3 heterocycles. The number of piperidine rings is 1. The van der Waals surface area contributed by atoms with E-state index < -0.39 is 11.7 Å². The number of hydrogen-bond donors (Lipinski definition) is 1. The molecule has 2 amide bonds. The number of hydrogen-bond acceptors (Lipinski definition) is 5. The highest BCUT2D eigenvalue weighted by Crippen LogP contribution is 2.37. The minimum atomic E-state index is -4.51. The standard InChI is InChI=1S/C24H26Cl2F3N5O2/c1-14(35)33-6-4-15(5-7-33)22(36)34-12-17(19(13-34)16-2-3-20(25)21(26)8-16)9-30-23-31-10-18(11-32-23)24(27,28)29/h2-3,8,10-11,15,17,19H,4-7,9,12-13H2,1H3,(H,30,31,32)/t17-,19+/m0/s1. The Balaban J connectivity index is 1.47. The number of nitrogens with zero attached hydrogens (tertiary/aromatic N) is 4. The van der Waals surface area contributed by atoms with Crippen molar-refractivity contribution in [1.82, 2.24) is 19.8 Å². The van der Waals surface area contributed by atoms with Crippen LogP contribution >= 0.6 is 23.2 Å². The third-order valence-corrected chi connectivity index (χ3v) is 7.65. The van der Waals surface area contributed by atoms with Gasteiger partial charge in [0.25, 0.3) is 0 Å². The van der Waals surface area contributed by atoms with Crippen LogP contribution < -0.4 is 5.32 Å². The van der Waals surface area contributed by atoms with E-state index in [1.807, 2.05) is 11.0 Å². The van der Waals surface area contributed by atoms with Crippen LogP contribution in [-0.2, 0) is 15.8 Å². The lowest BCUT2D eigenvalue weighted by molar-refractivity contribution is -0.139. The van der Waals surface area contributed by atoms with E-state index in [4.69, 9.17) is 23.2 Å². The van der Waals surface area contributed by atoms with Crippen molar-refractivity contribution in [2.24, 2.45) is 11.8 Å². The summed E-state index contributed by atoms with van der Waals surface area (Å²) >= 11 is 12.3. The van der Waals surface area contributed by atoms with Crippen LogP contribution in [0.5, 0.6) is 0 Å². The lowest BCUT2D eigenvalue weighted by Gasteiger charge is -2.32. The quantitative estimate of drug-likeness (QED) is 0.590. The molecule has 2 fully saturated rings. The van der Waals surface area contributed by atoms with Gasteiger partial charge in [-0.15, -0.1) is 0 Å². The van der Waals surface area contributed by atoms with Crippen molar-refractivity contribution < 1.29 is 22.8 Å².